The molecule has 1 N–H and O–H groups in total. The highest BCUT2D eigenvalue weighted by Crippen LogP contribution is 2.30. The number of nitrogens with one attached hydrogen (secondary N) is 1. The van der Waals surface area contributed by atoms with Crippen LogP contribution in [-0.2, 0) is 0 Å². The lowest BCUT2D eigenvalue weighted by molar-refractivity contribution is 0.0728. The molecule has 0 bridgehead atoms. The van der Waals surface area contributed by atoms with Gasteiger partial charge in [0, 0.05) is 10.6 Å². The number of hydrogen-bond acceptors (Lipinski definition) is 6. The van der Waals surface area contributed by atoms with Crippen LogP contribution in [-0.4, -0.2) is 31.3 Å². The molecule has 182 valence electrons. The summed E-state index contributed by atoms with van der Waals surface area (Å²) in [6.07, 6.45) is 2.36. The lowest BCUT2D eigenvalue weighted by atomic mass is 10.2. The number of esters is 1. The van der Waals surface area contributed by atoms with Gasteiger partial charge in [-0.1, -0.05) is 30.1 Å². The average molecular weight is 515 g/mol. The molecule has 0 aromatic heterocycles. The Labute approximate surface area is 213 Å². The minimum Gasteiger partial charge on any atom is -0.494 e. The lowest BCUT2D eigenvalue weighted by Crippen LogP contribution is -2.17. The van der Waals surface area contributed by atoms with Crippen molar-refractivity contribution in [3.05, 3.63) is 87.4 Å². The predicted molar refractivity (Wildman–Crippen MR) is 136 cm³/mol. The first kappa shape index (κ1) is 26.1. The molecule has 0 unspecified atom stereocenters. The molecule has 0 heterocycles. The van der Waals surface area contributed by atoms with Gasteiger partial charge in [-0.15, -0.1) is 0 Å². The van der Waals surface area contributed by atoms with E-state index >= 15 is 0 Å². The second-order valence-electron chi connectivity index (χ2n) is 7.22. The maximum atomic E-state index is 12.6. The Kier molecular flexibility index (Phi) is 9.52. The van der Waals surface area contributed by atoms with Crippen LogP contribution in [0.25, 0.3) is 0 Å². The number of benzene rings is 3. The molecule has 3 aromatic rings. The van der Waals surface area contributed by atoms with Crippen LogP contribution in [0.15, 0.2) is 65.8 Å². The quantitative estimate of drug-likeness (QED) is 0.151. The number of rotatable bonds is 10. The topological polar surface area (TPSA) is 86.2 Å². The zero-order chi connectivity index (χ0) is 25.2. The van der Waals surface area contributed by atoms with Gasteiger partial charge in [-0.2, -0.15) is 5.10 Å². The Hall–Kier alpha value is -3.55. The van der Waals surface area contributed by atoms with Crippen LogP contribution in [0.2, 0.25) is 10.0 Å². The first-order chi connectivity index (χ1) is 16.9. The van der Waals surface area contributed by atoms with E-state index in [1.165, 1.54) is 18.3 Å². The molecule has 0 aliphatic carbocycles. The van der Waals surface area contributed by atoms with Crippen LogP contribution in [0.5, 0.6) is 17.2 Å². The van der Waals surface area contributed by atoms with E-state index < -0.39 is 5.97 Å². The Bertz CT molecular complexity index is 1210. The molecule has 3 rings (SSSR count). The molecule has 9 heteroatoms. The number of halogens is 2. The molecule has 0 saturated carbocycles. The lowest BCUT2D eigenvalue weighted by Gasteiger charge is -2.12. The van der Waals surface area contributed by atoms with Gasteiger partial charge >= 0.3 is 5.97 Å². The number of carbonyl (C=O) groups is 2. The van der Waals surface area contributed by atoms with Crippen molar-refractivity contribution in [2.45, 2.75) is 20.3 Å². The molecule has 7 nitrogen and oxygen atoms in total. The van der Waals surface area contributed by atoms with Crippen molar-refractivity contribution in [3.8, 4) is 17.2 Å². The van der Waals surface area contributed by atoms with E-state index in [4.69, 9.17) is 37.4 Å². The summed E-state index contributed by atoms with van der Waals surface area (Å²) in [5.74, 6) is 0.249. The van der Waals surface area contributed by atoms with Crippen LogP contribution < -0.4 is 19.6 Å². The minimum absolute atomic E-state index is 0.178. The van der Waals surface area contributed by atoms with E-state index in [9.17, 15) is 9.59 Å². The molecule has 0 aliphatic rings. The molecule has 0 saturated heterocycles. The molecular weight excluding hydrogens is 491 g/mol. The van der Waals surface area contributed by atoms with E-state index in [-0.39, 0.29) is 22.2 Å². The van der Waals surface area contributed by atoms with Crippen molar-refractivity contribution >= 4 is 41.3 Å². The summed E-state index contributed by atoms with van der Waals surface area (Å²) in [6.45, 7) is 4.80. The number of carbonyl (C=O) groups excluding carboxylic acids is 2. The van der Waals surface area contributed by atoms with E-state index in [0.29, 0.717) is 40.9 Å². The first-order valence-electron chi connectivity index (χ1n) is 10.9. The van der Waals surface area contributed by atoms with E-state index in [1.807, 2.05) is 6.92 Å². The smallest absolute Gasteiger partial charge is 0.345 e. The van der Waals surface area contributed by atoms with Crippen molar-refractivity contribution < 1.29 is 23.8 Å². The number of amides is 1. The summed E-state index contributed by atoms with van der Waals surface area (Å²) in [7, 11) is 0. The Balaban J connectivity index is 1.66. The summed E-state index contributed by atoms with van der Waals surface area (Å²) < 4.78 is 16.6. The fourth-order valence-electron chi connectivity index (χ4n) is 2.92. The van der Waals surface area contributed by atoms with Gasteiger partial charge in [0.2, 0.25) is 0 Å². The number of nitrogens with zero attached hydrogens (tertiary/aromatic N) is 1. The van der Waals surface area contributed by atoms with Crippen molar-refractivity contribution in [1.29, 1.82) is 0 Å². The zero-order valence-electron chi connectivity index (χ0n) is 19.2. The van der Waals surface area contributed by atoms with Crippen LogP contribution in [0, 0.1) is 0 Å². The first-order valence-corrected chi connectivity index (χ1v) is 11.7. The molecular formula is C26H24Cl2N2O5. The average Bonchev–Trinajstić information content (AvgIpc) is 2.84. The van der Waals surface area contributed by atoms with Crippen LogP contribution in [0.3, 0.4) is 0 Å². The van der Waals surface area contributed by atoms with Crippen molar-refractivity contribution in [2.24, 2.45) is 5.10 Å². The Morgan fingerprint density at radius 2 is 1.71 bits per heavy atom. The highest BCUT2D eigenvalue weighted by molar-refractivity contribution is 6.36. The molecule has 0 atom stereocenters. The zero-order valence-corrected chi connectivity index (χ0v) is 20.7. The summed E-state index contributed by atoms with van der Waals surface area (Å²) in [5, 5.41) is 4.60. The molecule has 0 fully saturated rings. The molecule has 0 spiro atoms. The van der Waals surface area contributed by atoms with Crippen LogP contribution >= 0.6 is 23.2 Å². The third-order valence-electron chi connectivity index (χ3n) is 4.59. The number of hydrogen-bond donors (Lipinski definition) is 1. The summed E-state index contributed by atoms with van der Waals surface area (Å²) >= 11 is 12.0. The largest absolute Gasteiger partial charge is 0.494 e. The van der Waals surface area contributed by atoms with Crippen LogP contribution in [0.4, 0.5) is 0 Å². The predicted octanol–water partition coefficient (Wildman–Crippen LogP) is 6.16. The van der Waals surface area contributed by atoms with Gasteiger partial charge in [0.1, 0.15) is 5.75 Å². The fourth-order valence-corrected chi connectivity index (χ4v) is 3.41. The minimum atomic E-state index is -0.646. The van der Waals surface area contributed by atoms with Crippen molar-refractivity contribution in [1.82, 2.24) is 5.43 Å². The monoisotopic (exact) mass is 514 g/mol. The molecule has 0 aliphatic heterocycles. The van der Waals surface area contributed by atoms with Gasteiger partial charge in [0.15, 0.2) is 11.5 Å². The maximum Gasteiger partial charge on any atom is 0.345 e. The Morgan fingerprint density at radius 1 is 0.943 bits per heavy atom. The number of hydrazone groups is 1. The van der Waals surface area contributed by atoms with E-state index in [2.05, 4.69) is 10.5 Å². The molecule has 3 aromatic carbocycles. The maximum absolute atomic E-state index is 12.6. The van der Waals surface area contributed by atoms with Gasteiger partial charge < -0.3 is 14.2 Å². The molecule has 35 heavy (non-hydrogen) atoms. The second-order valence-corrected chi connectivity index (χ2v) is 8.07. The van der Waals surface area contributed by atoms with Gasteiger partial charge in [-0.05, 0) is 79.6 Å². The summed E-state index contributed by atoms with van der Waals surface area (Å²) in [6, 6.07) is 16.2. The Morgan fingerprint density at radius 3 is 2.40 bits per heavy atom. The van der Waals surface area contributed by atoms with E-state index in [0.717, 1.165) is 6.42 Å². The number of ether oxygens (including phenoxy) is 3. The van der Waals surface area contributed by atoms with Gasteiger partial charge in [0.05, 0.1) is 30.0 Å². The van der Waals surface area contributed by atoms with Gasteiger partial charge in [-0.25, -0.2) is 10.2 Å². The third-order valence-corrected chi connectivity index (χ3v) is 5.14. The van der Waals surface area contributed by atoms with Crippen molar-refractivity contribution in [2.75, 3.05) is 13.2 Å². The van der Waals surface area contributed by atoms with E-state index in [1.54, 1.807) is 55.5 Å². The van der Waals surface area contributed by atoms with Crippen molar-refractivity contribution in [3.63, 3.8) is 0 Å². The highest BCUT2D eigenvalue weighted by atomic mass is 35.5. The molecule has 1 amide bonds. The van der Waals surface area contributed by atoms with Crippen LogP contribution in [0.1, 0.15) is 46.5 Å². The standard InChI is InChI=1S/C26H24Cl2N2O5/c1-3-13-34-20-9-6-18(7-10-20)25(31)30-29-16-17-5-12-23(24(14-17)33-4-2)35-26(32)21-11-8-19(27)15-22(21)28/h5-12,14-16H,3-4,13H2,1-2H3,(H,30,31)/b29-16+. The summed E-state index contributed by atoms with van der Waals surface area (Å²) in [4.78, 5) is 24.9. The SMILES string of the molecule is CCCOc1ccc(C(=O)N/N=C/c2ccc(OC(=O)c3ccc(Cl)cc3Cl)c(OCC)c2)cc1. The van der Waals surface area contributed by atoms with Gasteiger partial charge in [-0.3, -0.25) is 4.79 Å². The second kappa shape index (κ2) is 12.8. The molecule has 0 radical (unpaired) electrons. The summed E-state index contributed by atoms with van der Waals surface area (Å²) in [5.41, 5.74) is 3.73. The normalized spacial score (nSPS) is 10.7. The highest BCUT2D eigenvalue weighted by Gasteiger charge is 2.16. The fraction of sp³-hybridized carbons (Fsp3) is 0.192. The van der Waals surface area contributed by atoms with Gasteiger partial charge in [0.25, 0.3) is 5.91 Å². The third kappa shape index (κ3) is 7.47.